The van der Waals surface area contributed by atoms with E-state index in [-0.39, 0.29) is 17.8 Å². The van der Waals surface area contributed by atoms with Gasteiger partial charge in [0.15, 0.2) is 0 Å². The molecule has 0 saturated carbocycles. The van der Waals surface area contributed by atoms with Crippen molar-refractivity contribution in [1.82, 2.24) is 19.4 Å². The summed E-state index contributed by atoms with van der Waals surface area (Å²) >= 11 is 0. The Morgan fingerprint density at radius 1 is 1.18 bits per heavy atom. The van der Waals surface area contributed by atoms with E-state index in [0.29, 0.717) is 52.8 Å². The Morgan fingerprint density at radius 3 is 2.65 bits per heavy atom. The molecule has 0 radical (unpaired) electrons. The normalized spacial score (nSPS) is 17.1. The molecule has 1 saturated heterocycles. The number of benzene rings is 2. The molecule has 5 rings (SSSR count). The van der Waals surface area contributed by atoms with Crippen LogP contribution in [0.1, 0.15) is 17.3 Å². The highest BCUT2D eigenvalue weighted by Gasteiger charge is 2.26. The highest BCUT2D eigenvalue weighted by molar-refractivity contribution is 7.84. The van der Waals surface area contributed by atoms with E-state index in [1.807, 2.05) is 13.0 Å². The summed E-state index contributed by atoms with van der Waals surface area (Å²) in [6.45, 7) is 3.51. The lowest BCUT2D eigenvalue weighted by atomic mass is 10.1. The highest BCUT2D eigenvalue weighted by atomic mass is 32.2. The summed E-state index contributed by atoms with van der Waals surface area (Å²) in [6, 6.07) is 11.8. The van der Waals surface area contributed by atoms with E-state index in [0.717, 1.165) is 5.39 Å². The predicted molar refractivity (Wildman–Crippen MR) is 128 cm³/mol. The van der Waals surface area contributed by atoms with E-state index in [9.17, 15) is 13.4 Å². The Labute approximate surface area is 198 Å². The zero-order valence-electron chi connectivity index (χ0n) is 18.8. The van der Waals surface area contributed by atoms with Gasteiger partial charge in [0.25, 0.3) is 5.91 Å². The van der Waals surface area contributed by atoms with Gasteiger partial charge < -0.3 is 9.64 Å². The van der Waals surface area contributed by atoms with Crippen molar-refractivity contribution >= 4 is 27.6 Å². The Balaban J connectivity index is 1.57. The third-order valence-electron chi connectivity index (χ3n) is 5.99. The first-order valence-electron chi connectivity index (χ1n) is 10.9. The number of nitrogens with zero attached hydrogens (tertiary/aromatic N) is 4. The topological polar surface area (TPSA) is 77.3 Å². The molecule has 0 bridgehead atoms. The Kier molecular flexibility index (Phi) is 5.97. The van der Waals surface area contributed by atoms with Crippen LogP contribution in [0.3, 0.4) is 0 Å². The number of morpholine rings is 1. The van der Waals surface area contributed by atoms with Gasteiger partial charge in [-0.3, -0.25) is 13.6 Å². The van der Waals surface area contributed by atoms with E-state index in [1.54, 1.807) is 64.6 Å². The van der Waals surface area contributed by atoms with Gasteiger partial charge in [-0.2, -0.15) is 0 Å². The second-order valence-electron chi connectivity index (χ2n) is 8.22. The fraction of sp³-hybridized carbons (Fsp3) is 0.240. The number of fused-ring (bicyclic) bond motifs is 1. The molecule has 0 N–H and O–H groups in total. The number of hydrogen-bond donors (Lipinski definition) is 0. The number of aromatic nitrogens is 3. The van der Waals surface area contributed by atoms with E-state index in [2.05, 4.69) is 9.97 Å². The third kappa shape index (κ3) is 4.01. The van der Waals surface area contributed by atoms with Crippen LogP contribution < -0.4 is 0 Å². The second kappa shape index (κ2) is 9.08. The average molecular weight is 479 g/mol. The van der Waals surface area contributed by atoms with Gasteiger partial charge >= 0.3 is 0 Å². The molecule has 2 aromatic heterocycles. The van der Waals surface area contributed by atoms with Crippen molar-refractivity contribution < 1.29 is 18.1 Å². The molecule has 9 heteroatoms. The maximum atomic E-state index is 14.2. The Morgan fingerprint density at radius 2 is 1.94 bits per heavy atom. The predicted octanol–water partition coefficient (Wildman–Crippen LogP) is 3.82. The molecular weight excluding hydrogens is 455 g/mol. The molecule has 1 unspecified atom stereocenters. The van der Waals surface area contributed by atoms with Crippen molar-refractivity contribution in [2.24, 2.45) is 0 Å². The fourth-order valence-corrected chi connectivity index (χ4v) is 4.93. The number of carbonyl (C=O) groups is 1. The first-order chi connectivity index (χ1) is 16.4. The summed E-state index contributed by atoms with van der Waals surface area (Å²) < 4.78 is 33.7. The molecule has 0 aliphatic carbocycles. The second-order valence-corrected chi connectivity index (χ2v) is 9.57. The smallest absolute Gasteiger partial charge is 0.254 e. The minimum absolute atomic E-state index is 0.0169. The molecular formula is C25H23FN4O3S. The van der Waals surface area contributed by atoms with Crippen LogP contribution in [0.4, 0.5) is 4.39 Å². The van der Waals surface area contributed by atoms with Gasteiger partial charge in [-0.1, -0.05) is 24.3 Å². The van der Waals surface area contributed by atoms with E-state index < -0.39 is 10.8 Å². The average Bonchev–Trinajstić information content (AvgIpc) is 3.24. The van der Waals surface area contributed by atoms with Crippen LogP contribution in [0.2, 0.25) is 0 Å². The third-order valence-corrected chi connectivity index (χ3v) is 6.94. The molecule has 4 aromatic rings. The van der Waals surface area contributed by atoms with Crippen LogP contribution >= 0.6 is 0 Å². The quantitative estimate of drug-likeness (QED) is 0.446. The summed E-state index contributed by atoms with van der Waals surface area (Å²) in [7, 11) is -1.26. The summed E-state index contributed by atoms with van der Waals surface area (Å²) in [5.41, 5.74) is 2.16. The summed E-state index contributed by atoms with van der Waals surface area (Å²) in [4.78, 5) is 24.5. The monoisotopic (exact) mass is 478 g/mol. The molecule has 2 atom stereocenters. The van der Waals surface area contributed by atoms with Crippen LogP contribution in [0.15, 0.2) is 66.0 Å². The van der Waals surface area contributed by atoms with Crippen LogP contribution in [-0.4, -0.2) is 61.6 Å². The standard InChI is InChI=1S/C25H23FN4O3S/c1-16-15-33-10-9-29(16)24(31)17-7-8-20-22(11-17)30(14-23(20)34(2)32)25-27-12-18(13-28-25)19-5-3-4-6-21(19)26/h3-8,11-14,16H,9-10,15H2,1-2H3/t16-,34?/m1/s1. The van der Waals surface area contributed by atoms with Crippen molar-refractivity contribution in [1.29, 1.82) is 0 Å². The van der Waals surface area contributed by atoms with E-state index >= 15 is 0 Å². The lowest BCUT2D eigenvalue weighted by molar-refractivity contribution is 0.00360. The van der Waals surface area contributed by atoms with Crippen LogP contribution in [0, 0.1) is 5.82 Å². The number of rotatable bonds is 4. The number of halogens is 1. The van der Waals surface area contributed by atoms with Gasteiger partial charge in [-0.05, 0) is 25.1 Å². The summed E-state index contributed by atoms with van der Waals surface area (Å²) in [6.07, 6.45) is 6.44. The first-order valence-corrected chi connectivity index (χ1v) is 12.4. The SMILES string of the molecule is C[C@@H]1COCCN1C(=O)c1ccc2c(S(C)=O)cn(-c3ncc(-c4ccccc4F)cn3)c2c1. The van der Waals surface area contributed by atoms with E-state index in [1.165, 1.54) is 6.07 Å². The minimum atomic E-state index is -1.26. The molecule has 7 nitrogen and oxygen atoms in total. The maximum absolute atomic E-state index is 14.2. The fourth-order valence-electron chi connectivity index (χ4n) is 4.20. The molecule has 2 aromatic carbocycles. The Hall–Kier alpha value is -3.43. The van der Waals surface area contributed by atoms with Gasteiger partial charge in [0.1, 0.15) is 5.82 Å². The molecule has 34 heavy (non-hydrogen) atoms. The van der Waals surface area contributed by atoms with Gasteiger partial charge in [0, 0.05) is 53.5 Å². The molecule has 1 aliphatic heterocycles. The van der Waals surface area contributed by atoms with Gasteiger partial charge in [0.05, 0.1) is 40.5 Å². The van der Waals surface area contributed by atoms with Crippen LogP contribution in [0.5, 0.6) is 0 Å². The molecule has 1 fully saturated rings. The van der Waals surface area contributed by atoms with Gasteiger partial charge in [-0.25, -0.2) is 14.4 Å². The number of carbonyl (C=O) groups excluding carboxylic acids is 1. The lowest BCUT2D eigenvalue weighted by Gasteiger charge is -2.33. The van der Waals surface area contributed by atoms with Gasteiger partial charge in [0.2, 0.25) is 5.95 Å². The zero-order valence-corrected chi connectivity index (χ0v) is 19.6. The van der Waals surface area contributed by atoms with Crippen molar-refractivity contribution in [3.05, 3.63) is 72.4 Å². The molecule has 3 heterocycles. The van der Waals surface area contributed by atoms with Gasteiger partial charge in [-0.15, -0.1) is 0 Å². The number of hydrogen-bond acceptors (Lipinski definition) is 5. The van der Waals surface area contributed by atoms with Crippen molar-refractivity contribution in [2.45, 2.75) is 17.9 Å². The molecule has 1 aliphatic rings. The molecule has 174 valence electrons. The molecule has 1 amide bonds. The Bertz CT molecular complexity index is 1400. The minimum Gasteiger partial charge on any atom is -0.377 e. The number of amides is 1. The first kappa shape index (κ1) is 22.4. The lowest BCUT2D eigenvalue weighted by Crippen LogP contribution is -2.47. The van der Waals surface area contributed by atoms with Crippen LogP contribution in [0.25, 0.3) is 28.0 Å². The largest absolute Gasteiger partial charge is 0.377 e. The van der Waals surface area contributed by atoms with E-state index in [4.69, 9.17) is 4.74 Å². The van der Waals surface area contributed by atoms with Crippen molar-refractivity contribution in [2.75, 3.05) is 26.0 Å². The molecule has 0 spiro atoms. The maximum Gasteiger partial charge on any atom is 0.254 e. The summed E-state index contributed by atoms with van der Waals surface area (Å²) in [5, 5.41) is 0.759. The highest BCUT2D eigenvalue weighted by Crippen LogP contribution is 2.29. The van der Waals surface area contributed by atoms with Crippen molar-refractivity contribution in [3.63, 3.8) is 0 Å². The zero-order chi connectivity index (χ0) is 23.8. The number of ether oxygens (including phenoxy) is 1. The summed E-state index contributed by atoms with van der Waals surface area (Å²) in [5.74, 6) is -0.0963. The van der Waals surface area contributed by atoms with Crippen LogP contribution in [-0.2, 0) is 15.5 Å². The van der Waals surface area contributed by atoms with Crippen molar-refractivity contribution in [3.8, 4) is 17.1 Å².